The van der Waals surface area contributed by atoms with Gasteiger partial charge in [-0.15, -0.1) is 11.3 Å². The molecule has 0 saturated carbocycles. The summed E-state index contributed by atoms with van der Waals surface area (Å²) in [6.07, 6.45) is 0. The molecule has 6 heteroatoms. The number of nitrogens with zero attached hydrogens (tertiary/aromatic N) is 3. The minimum Gasteiger partial charge on any atom is -0.450 e. The number of hydrogen-bond acceptors (Lipinski definition) is 4. The van der Waals surface area contributed by atoms with Gasteiger partial charge in [0, 0.05) is 41.7 Å². The highest BCUT2D eigenvalue weighted by Gasteiger charge is 2.25. The predicted octanol–water partition coefficient (Wildman–Crippen LogP) is 11.3. The van der Waals surface area contributed by atoms with E-state index in [1.165, 1.54) is 42.1 Å². The van der Waals surface area contributed by atoms with Crippen LogP contribution in [-0.2, 0) is 0 Å². The normalized spacial score (nSPS) is 12.2. The fourth-order valence-electron chi connectivity index (χ4n) is 6.91. The summed E-state index contributed by atoms with van der Waals surface area (Å²) in [7, 11) is 0. The molecule has 0 unspecified atom stereocenters. The maximum absolute atomic E-state index is 6.66. The van der Waals surface area contributed by atoms with Crippen LogP contribution in [0.4, 0.5) is 0 Å². The van der Waals surface area contributed by atoms with Crippen LogP contribution in [0, 0.1) is 0 Å². The molecule has 4 heterocycles. The standard InChI is InChI=1S/C38H20ClN3OS/c39-38-40-33-26-15-7-9-17-29(26)43-35(33)37(41-38)42-28-16-8-6-14-25(28)32-34(42)24-13-5-4-12-23(24)31-27-20-22(21-10-2-1-3-11-21)18-19-30(27)44-36(31)32/h1-20H. The molecule has 10 rings (SSSR count). The fourth-order valence-corrected chi connectivity index (χ4v) is 8.33. The SMILES string of the molecule is Clc1nc(-n2c3ccccc3c3c4sc5ccc(-c6ccccc6)cc5c4c4ccccc4c32)c2oc3ccccc3c2n1. The van der Waals surface area contributed by atoms with Gasteiger partial charge in [-0.3, -0.25) is 4.57 Å². The van der Waals surface area contributed by atoms with Crippen LogP contribution < -0.4 is 0 Å². The number of aromatic nitrogens is 3. The van der Waals surface area contributed by atoms with Crippen molar-refractivity contribution in [2.45, 2.75) is 0 Å². The Hall–Kier alpha value is -5.23. The first-order chi connectivity index (χ1) is 21.7. The number of furan rings is 1. The van der Waals surface area contributed by atoms with Crippen LogP contribution in [0.25, 0.3) is 91.8 Å². The van der Waals surface area contributed by atoms with Gasteiger partial charge >= 0.3 is 0 Å². The Morgan fingerprint density at radius 2 is 1.34 bits per heavy atom. The third-order valence-corrected chi connectivity index (χ3v) is 10.1. The molecule has 0 aliphatic heterocycles. The van der Waals surface area contributed by atoms with Gasteiger partial charge in [-0.25, -0.2) is 4.98 Å². The quantitative estimate of drug-likeness (QED) is 0.185. The molecule has 0 aliphatic rings. The Labute approximate surface area is 259 Å². The number of halogens is 1. The molecule has 0 fully saturated rings. The summed E-state index contributed by atoms with van der Waals surface area (Å²) >= 11 is 8.51. The van der Waals surface area contributed by atoms with Crippen LogP contribution in [0.3, 0.4) is 0 Å². The van der Waals surface area contributed by atoms with Gasteiger partial charge in [-0.2, -0.15) is 4.98 Å². The zero-order valence-corrected chi connectivity index (χ0v) is 24.7. The van der Waals surface area contributed by atoms with Crippen molar-refractivity contribution in [2.24, 2.45) is 0 Å². The number of para-hydroxylation sites is 2. The van der Waals surface area contributed by atoms with Gasteiger partial charge in [-0.1, -0.05) is 91.0 Å². The molecular formula is C38H20ClN3OS. The van der Waals surface area contributed by atoms with Crippen molar-refractivity contribution in [2.75, 3.05) is 0 Å². The van der Waals surface area contributed by atoms with Crippen molar-refractivity contribution in [3.05, 3.63) is 127 Å². The third kappa shape index (κ3) is 3.23. The molecule has 6 aromatic carbocycles. The summed E-state index contributed by atoms with van der Waals surface area (Å²) in [6, 6.07) is 42.6. The lowest BCUT2D eigenvalue weighted by molar-refractivity contribution is 0.662. The van der Waals surface area contributed by atoms with Crippen molar-refractivity contribution >= 4 is 97.8 Å². The molecule has 206 valence electrons. The fraction of sp³-hybridized carbons (Fsp3) is 0. The Morgan fingerprint density at radius 3 is 2.20 bits per heavy atom. The molecule has 0 N–H and O–H groups in total. The molecule has 4 nitrogen and oxygen atoms in total. The van der Waals surface area contributed by atoms with Gasteiger partial charge in [0.1, 0.15) is 11.1 Å². The smallest absolute Gasteiger partial charge is 0.225 e. The van der Waals surface area contributed by atoms with Crippen molar-refractivity contribution < 1.29 is 4.42 Å². The highest BCUT2D eigenvalue weighted by Crippen LogP contribution is 2.49. The number of thiophene rings is 1. The molecule has 10 aromatic rings. The van der Waals surface area contributed by atoms with E-state index in [1.54, 1.807) is 0 Å². The van der Waals surface area contributed by atoms with Gasteiger partial charge in [0.25, 0.3) is 0 Å². The number of hydrogen-bond donors (Lipinski definition) is 0. The van der Waals surface area contributed by atoms with Gasteiger partial charge in [-0.05, 0) is 58.4 Å². The molecule has 4 aromatic heterocycles. The largest absolute Gasteiger partial charge is 0.450 e. The topological polar surface area (TPSA) is 43.9 Å². The lowest BCUT2D eigenvalue weighted by atomic mass is 9.97. The Bertz CT molecular complexity index is 2790. The average molecular weight is 602 g/mol. The van der Waals surface area contributed by atoms with E-state index in [-0.39, 0.29) is 5.28 Å². The Kier molecular flexibility index (Phi) is 4.90. The monoisotopic (exact) mass is 601 g/mol. The molecule has 0 atom stereocenters. The molecule has 0 amide bonds. The Morgan fingerprint density at radius 1 is 0.614 bits per heavy atom. The van der Waals surface area contributed by atoms with Gasteiger partial charge in [0.2, 0.25) is 5.28 Å². The van der Waals surface area contributed by atoms with E-state index >= 15 is 0 Å². The maximum Gasteiger partial charge on any atom is 0.225 e. The second kappa shape index (κ2) is 8.89. The summed E-state index contributed by atoms with van der Waals surface area (Å²) in [4.78, 5) is 9.46. The summed E-state index contributed by atoms with van der Waals surface area (Å²) in [6.45, 7) is 0. The van der Waals surface area contributed by atoms with E-state index in [1.807, 2.05) is 35.6 Å². The van der Waals surface area contributed by atoms with Gasteiger partial charge in [0.05, 0.1) is 11.0 Å². The molecule has 0 radical (unpaired) electrons. The first kappa shape index (κ1) is 24.2. The maximum atomic E-state index is 6.66. The van der Waals surface area contributed by atoms with Gasteiger partial charge < -0.3 is 4.42 Å². The molecule has 0 spiro atoms. The average Bonchev–Trinajstić information content (AvgIpc) is 3.74. The van der Waals surface area contributed by atoms with Crippen molar-refractivity contribution in [1.29, 1.82) is 0 Å². The third-order valence-electron chi connectivity index (χ3n) is 8.73. The summed E-state index contributed by atoms with van der Waals surface area (Å²) < 4.78 is 11.2. The number of benzene rings is 6. The molecule has 44 heavy (non-hydrogen) atoms. The van der Waals surface area contributed by atoms with Crippen LogP contribution >= 0.6 is 22.9 Å². The zero-order valence-electron chi connectivity index (χ0n) is 23.1. The molecule has 0 aliphatic carbocycles. The van der Waals surface area contributed by atoms with Crippen molar-refractivity contribution in [3.63, 3.8) is 0 Å². The number of rotatable bonds is 2. The first-order valence-corrected chi connectivity index (χ1v) is 15.6. The highest BCUT2D eigenvalue weighted by molar-refractivity contribution is 7.27. The van der Waals surface area contributed by atoms with Crippen LogP contribution in [0.2, 0.25) is 5.28 Å². The second-order valence-corrected chi connectivity index (χ2v) is 12.5. The lowest BCUT2D eigenvalue weighted by Gasteiger charge is -2.11. The van der Waals surface area contributed by atoms with Crippen LogP contribution in [0.15, 0.2) is 126 Å². The van der Waals surface area contributed by atoms with E-state index in [9.17, 15) is 0 Å². The number of fused-ring (bicyclic) bond motifs is 13. The highest BCUT2D eigenvalue weighted by atomic mass is 35.5. The van der Waals surface area contributed by atoms with E-state index < -0.39 is 0 Å². The summed E-state index contributed by atoms with van der Waals surface area (Å²) in [5, 5.41) is 8.37. The summed E-state index contributed by atoms with van der Waals surface area (Å²) in [5.41, 5.74) is 6.64. The van der Waals surface area contributed by atoms with E-state index in [4.69, 9.17) is 21.0 Å². The van der Waals surface area contributed by atoms with Crippen LogP contribution in [-0.4, -0.2) is 14.5 Å². The van der Waals surface area contributed by atoms with E-state index in [2.05, 4.69) is 107 Å². The van der Waals surface area contributed by atoms with Gasteiger partial charge in [0.15, 0.2) is 11.4 Å². The molecule has 0 saturated heterocycles. The molecular weight excluding hydrogens is 582 g/mol. The zero-order chi connectivity index (χ0) is 28.9. The van der Waals surface area contributed by atoms with Crippen LogP contribution in [0.5, 0.6) is 0 Å². The van der Waals surface area contributed by atoms with Crippen molar-refractivity contribution in [1.82, 2.24) is 14.5 Å². The Balaban J connectivity index is 1.42. The van der Waals surface area contributed by atoms with Crippen LogP contribution in [0.1, 0.15) is 0 Å². The predicted molar refractivity (Wildman–Crippen MR) is 184 cm³/mol. The van der Waals surface area contributed by atoms with Crippen molar-refractivity contribution in [3.8, 4) is 16.9 Å². The van der Waals surface area contributed by atoms with E-state index in [0.29, 0.717) is 16.9 Å². The summed E-state index contributed by atoms with van der Waals surface area (Å²) in [5.74, 6) is 0.638. The van der Waals surface area contributed by atoms with E-state index in [0.717, 1.165) is 32.8 Å². The second-order valence-electron chi connectivity index (χ2n) is 11.1. The first-order valence-electron chi connectivity index (χ1n) is 14.5. The minimum atomic E-state index is 0.186. The molecule has 0 bridgehead atoms. The lowest BCUT2D eigenvalue weighted by Crippen LogP contribution is -2.00. The minimum absolute atomic E-state index is 0.186.